The van der Waals surface area contributed by atoms with E-state index in [0.717, 1.165) is 19.4 Å². The Morgan fingerprint density at radius 1 is 1.22 bits per heavy atom. The minimum Gasteiger partial charge on any atom is -0.432 e. The number of aliphatic hydroxyl groups is 1. The van der Waals surface area contributed by atoms with E-state index in [9.17, 15) is 5.11 Å². The predicted molar refractivity (Wildman–Crippen MR) is 100 cm³/mol. The third kappa shape index (κ3) is 6.08. The summed E-state index contributed by atoms with van der Waals surface area (Å²) in [5.41, 5.74) is -0.0543. The first-order valence-electron chi connectivity index (χ1n) is 8.82. The summed E-state index contributed by atoms with van der Waals surface area (Å²) in [6.07, 6.45) is 6.54. The van der Waals surface area contributed by atoms with Gasteiger partial charge in [-0.05, 0) is 52.9 Å². The van der Waals surface area contributed by atoms with Crippen LogP contribution in [0.4, 0.5) is 0 Å². The number of rotatable bonds is 6. The lowest BCUT2D eigenvalue weighted by Crippen LogP contribution is -2.49. The van der Waals surface area contributed by atoms with Gasteiger partial charge in [0.05, 0.1) is 11.2 Å². The van der Waals surface area contributed by atoms with Crippen LogP contribution in [0.15, 0.2) is 17.1 Å². The molecule has 2 unspecified atom stereocenters. The number of nitrogens with zero attached hydrogens (tertiary/aromatic N) is 1. The molecular weight excluding hydrogens is 285 g/mol. The first-order valence-corrected chi connectivity index (χ1v) is 8.82. The van der Waals surface area contributed by atoms with E-state index >= 15 is 0 Å². The van der Waals surface area contributed by atoms with Crippen LogP contribution < -0.4 is 0 Å². The lowest BCUT2D eigenvalue weighted by Gasteiger charge is -2.39. The largest absolute Gasteiger partial charge is 0.432 e. The van der Waals surface area contributed by atoms with Crippen molar-refractivity contribution < 1.29 is 9.76 Å². The van der Waals surface area contributed by atoms with Gasteiger partial charge in [0.25, 0.3) is 0 Å². The molecule has 1 rings (SSSR count). The molecule has 131 valence electrons. The average molecular weight is 320 g/mol. The number of hydrogen-bond acceptors (Lipinski definition) is 3. The molecule has 1 aliphatic rings. The van der Waals surface area contributed by atoms with Crippen molar-refractivity contribution in [3.05, 3.63) is 12.2 Å². The Morgan fingerprint density at radius 2 is 1.83 bits per heavy atom. The van der Waals surface area contributed by atoms with Crippen molar-refractivity contribution in [2.24, 2.45) is 16.3 Å². The van der Waals surface area contributed by atoms with E-state index in [1.54, 1.807) is 13.8 Å². The van der Waals surface area contributed by atoms with E-state index in [-0.39, 0.29) is 11.2 Å². The van der Waals surface area contributed by atoms with Gasteiger partial charge in [-0.25, -0.2) is 0 Å². The molecule has 0 amide bonds. The third-order valence-corrected chi connectivity index (χ3v) is 4.69. The van der Waals surface area contributed by atoms with E-state index in [1.165, 1.54) is 5.71 Å². The maximum Gasteiger partial charge on any atom is 0.302 e. The van der Waals surface area contributed by atoms with Gasteiger partial charge in [0.15, 0.2) is 0 Å². The molecule has 23 heavy (non-hydrogen) atoms. The summed E-state index contributed by atoms with van der Waals surface area (Å²) in [4.78, 5) is 4.79. The molecular formula is C19H35BNO2. The van der Waals surface area contributed by atoms with Crippen LogP contribution in [0.2, 0.25) is 5.82 Å². The molecule has 0 aliphatic heterocycles. The lowest BCUT2D eigenvalue weighted by molar-refractivity contribution is -0.0906. The molecule has 1 N–H and O–H groups in total. The van der Waals surface area contributed by atoms with Gasteiger partial charge in [-0.3, -0.25) is 4.99 Å². The Bertz CT molecular complexity index is 441. The molecule has 0 aromatic carbocycles. The second-order valence-corrected chi connectivity index (χ2v) is 8.86. The second kappa shape index (κ2) is 7.52. The van der Waals surface area contributed by atoms with Crippen LogP contribution in [0.5, 0.6) is 0 Å². The Hall–Kier alpha value is -0.605. The van der Waals surface area contributed by atoms with Gasteiger partial charge >= 0.3 is 7.48 Å². The van der Waals surface area contributed by atoms with Crippen LogP contribution in [0.25, 0.3) is 0 Å². The van der Waals surface area contributed by atoms with Crippen molar-refractivity contribution in [3.8, 4) is 0 Å². The lowest BCUT2D eigenvalue weighted by atomic mass is 9.65. The van der Waals surface area contributed by atoms with Gasteiger partial charge in [0.1, 0.15) is 0 Å². The van der Waals surface area contributed by atoms with Crippen molar-refractivity contribution in [1.82, 2.24) is 0 Å². The van der Waals surface area contributed by atoms with Gasteiger partial charge < -0.3 is 9.76 Å². The molecule has 0 spiro atoms. The zero-order chi connectivity index (χ0) is 17.9. The Morgan fingerprint density at radius 3 is 2.30 bits per heavy atom. The molecule has 0 saturated carbocycles. The van der Waals surface area contributed by atoms with Crippen molar-refractivity contribution in [2.75, 3.05) is 6.54 Å². The van der Waals surface area contributed by atoms with Crippen LogP contribution in [-0.4, -0.2) is 36.0 Å². The molecule has 0 saturated heterocycles. The van der Waals surface area contributed by atoms with Gasteiger partial charge in [-0.15, -0.1) is 0 Å². The van der Waals surface area contributed by atoms with E-state index in [2.05, 4.69) is 39.8 Å². The molecule has 2 atom stereocenters. The monoisotopic (exact) mass is 320 g/mol. The summed E-state index contributed by atoms with van der Waals surface area (Å²) in [6.45, 7) is 17.1. The van der Waals surface area contributed by atoms with E-state index in [0.29, 0.717) is 5.92 Å². The third-order valence-electron chi connectivity index (χ3n) is 4.69. The molecule has 1 radical (unpaired) electrons. The summed E-state index contributed by atoms with van der Waals surface area (Å²) in [5.74, 6) is 0.563. The molecule has 1 aliphatic carbocycles. The quantitative estimate of drug-likeness (QED) is 0.581. The maximum absolute atomic E-state index is 10.3. The summed E-state index contributed by atoms with van der Waals surface area (Å²) in [7, 11) is 1.89. The number of allylic oxidation sites excluding steroid dienone is 2. The van der Waals surface area contributed by atoms with E-state index in [4.69, 9.17) is 9.65 Å². The maximum atomic E-state index is 10.3. The fourth-order valence-corrected chi connectivity index (χ4v) is 2.65. The summed E-state index contributed by atoms with van der Waals surface area (Å²) >= 11 is 0. The summed E-state index contributed by atoms with van der Waals surface area (Å²) < 4.78 is 6.00. The number of aliphatic imine (C=N–C) groups is 1. The van der Waals surface area contributed by atoms with Crippen LogP contribution >= 0.6 is 0 Å². The van der Waals surface area contributed by atoms with Crippen molar-refractivity contribution in [3.63, 3.8) is 0 Å². The van der Waals surface area contributed by atoms with Crippen LogP contribution in [0.1, 0.15) is 68.2 Å². The highest BCUT2D eigenvalue weighted by atomic mass is 16.5. The van der Waals surface area contributed by atoms with Gasteiger partial charge in [-0.2, -0.15) is 0 Å². The van der Waals surface area contributed by atoms with Gasteiger partial charge in [-0.1, -0.05) is 32.9 Å². The normalized spacial score (nSPS) is 25.0. The Balaban J connectivity index is 2.86. The minimum absolute atomic E-state index is 0.189. The second-order valence-electron chi connectivity index (χ2n) is 8.86. The topological polar surface area (TPSA) is 41.8 Å². The van der Waals surface area contributed by atoms with E-state index in [1.807, 2.05) is 21.3 Å². The van der Waals surface area contributed by atoms with Crippen molar-refractivity contribution in [1.29, 1.82) is 0 Å². The summed E-state index contributed by atoms with van der Waals surface area (Å²) in [5, 5.41) is 10.3. The standard InChI is InChI=1S/C19H35BNO2/c1-9-21-16-14(13-17(2,3)4)11-10-12-15(16)20-23-19(7,8)18(5,6)22/h10-11,14-15,22H,9,12-13H2,1-8H3. The fourth-order valence-electron chi connectivity index (χ4n) is 2.65. The Labute approximate surface area is 143 Å². The highest BCUT2D eigenvalue weighted by molar-refractivity contribution is 6.39. The predicted octanol–water partition coefficient (Wildman–Crippen LogP) is 4.43. The van der Waals surface area contributed by atoms with Crippen molar-refractivity contribution >= 4 is 13.2 Å². The van der Waals surface area contributed by atoms with Crippen LogP contribution in [0, 0.1) is 11.3 Å². The molecule has 0 bridgehead atoms. The van der Waals surface area contributed by atoms with E-state index < -0.39 is 11.2 Å². The molecule has 0 fully saturated rings. The van der Waals surface area contributed by atoms with Crippen molar-refractivity contribution in [2.45, 2.75) is 85.3 Å². The first-order chi connectivity index (χ1) is 10.4. The number of hydrogen-bond donors (Lipinski definition) is 1. The Kier molecular flexibility index (Phi) is 6.69. The zero-order valence-electron chi connectivity index (χ0n) is 16.3. The molecule has 4 heteroatoms. The summed E-state index contributed by atoms with van der Waals surface area (Å²) in [6, 6.07) is 0. The minimum atomic E-state index is -0.902. The SMILES string of the molecule is CCN=C1C([B]OC(C)(C)C(C)(C)O)CC=CC1CC(C)(C)C. The molecule has 0 aromatic heterocycles. The molecule has 3 nitrogen and oxygen atoms in total. The van der Waals surface area contributed by atoms with Gasteiger partial charge in [0, 0.05) is 24.0 Å². The molecule has 0 heterocycles. The average Bonchev–Trinajstić information content (AvgIpc) is 2.36. The van der Waals surface area contributed by atoms with Crippen LogP contribution in [0.3, 0.4) is 0 Å². The zero-order valence-corrected chi connectivity index (χ0v) is 16.3. The molecule has 0 aromatic rings. The van der Waals surface area contributed by atoms with Crippen LogP contribution in [-0.2, 0) is 4.65 Å². The smallest absolute Gasteiger partial charge is 0.302 e. The highest BCUT2D eigenvalue weighted by Crippen LogP contribution is 2.35. The van der Waals surface area contributed by atoms with Gasteiger partial charge in [0.2, 0.25) is 0 Å². The fraction of sp³-hybridized carbons (Fsp3) is 0.842. The first kappa shape index (κ1) is 20.4. The highest BCUT2D eigenvalue weighted by Gasteiger charge is 2.38.